The molecule has 1 aliphatic rings. The van der Waals surface area contributed by atoms with E-state index in [2.05, 4.69) is 29.1 Å². The van der Waals surface area contributed by atoms with E-state index in [1.54, 1.807) is 6.20 Å². The number of hydrogen-bond acceptors (Lipinski definition) is 4. The molecule has 134 valence electrons. The Morgan fingerprint density at radius 1 is 1.36 bits per heavy atom. The number of hydrogen-bond donors (Lipinski definition) is 0. The SMILES string of the molecule is CC(c1ccccc1)N(C)C(=O)CN1CCOC(Cn2cccn2)C1. The average Bonchev–Trinajstić information content (AvgIpc) is 3.14. The van der Waals surface area contributed by atoms with Crippen molar-refractivity contribution in [3.63, 3.8) is 0 Å². The zero-order valence-electron chi connectivity index (χ0n) is 14.9. The smallest absolute Gasteiger partial charge is 0.236 e. The van der Waals surface area contributed by atoms with Gasteiger partial charge in [-0.3, -0.25) is 14.4 Å². The summed E-state index contributed by atoms with van der Waals surface area (Å²) in [7, 11) is 1.88. The molecule has 3 rings (SSSR count). The van der Waals surface area contributed by atoms with Crippen molar-refractivity contribution < 1.29 is 9.53 Å². The summed E-state index contributed by atoms with van der Waals surface area (Å²) in [4.78, 5) is 16.7. The van der Waals surface area contributed by atoms with Crippen LogP contribution in [-0.2, 0) is 16.1 Å². The average molecular weight is 342 g/mol. The molecular weight excluding hydrogens is 316 g/mol. The zero-order valence-corrected chi connectivity index (χ0v) is 14.9. The first-order valence-corrected chi connectivity index (χ1v) is 8.75. The number of amides is 1. The molecule has 6 nitrogen and oxygen atoms in total. The summed E-state index contributed by atoms with van der Waals surface area (Å²) in [6, 6.07) is 12.1. The third kappa shape index (κ3) is 4.67. The highest BCUT2D eigenvalue weighted by Crippen LogP contribution is 2.18. The molecule has 0 aliphatic carbocycles. The largest absolute Gasteiger partial charge is 0.374 e. The fourth-order valence-corrected chi connectivity index (χ4v) is 3.13. The Morgan fingerprint density at radius 3 is 2.88 bits per heavy atom. The van der Waals surface area contributed by atoms with Gasteiger partial charge in [-0.1, -0.05) is 30.3 Å². The van der Waals surface area contributed by atoms with Crippen molar-refractivity contribution in [2.75, 3.05) is 33.3 Å². The van der Waals surface area contributed by atoms with Gasteiger partial charge >= 0.3 is 0 Å². The van der Waals surface area contributed by atoms with Gasteiger partial charge in [0.25, 0.3) is 0 Å². The Balaban J connectivity index is 1.53. The van der Waals surface area contributed by atoms with Crippen LogP contribution in [0.25, 0.3) is 0 Å². The molecule has 2 heterocycles. The van der Waals surface area contributed by atoms with Crippen molar-refractivity contribution in [1.29, 1.82) is 0 Å². The van der Waals surface area contributed by atoms with Crippen LogP contribution in [0, 0.1) is 0 Å². The molecule has 1 aromatic carbocycles. The van der Waals surface area contributed by atoms with Gasteiger partial charge in [0.15, 0.2) is 0 Å². The van der Waals surface area contributed by atoms with Crippen LogP contribution in [0.5, 0.6) is 0 Å². The molecule has 1 saturated heterocycles. The summed E-state index contributed by atoms with van der Waals surface area (Å²) in [6.45, 7) is 5.39. The maximum atomic E-state index is 12.7. The van der Waals surface area contributed by atoms with Gasteiger partial charge in [0.2, 0.25) is 5.91 Å². The quantitative estimate of drug-likeness (QED) is 0.803. The Bertz CT molecular complexity index is 659. The number of ether oxygens (including phenoxy) is 1. The fraction of sp³-hybridized carbons (Fsp3) is 0.474. The number of carbonyl (C=O) groups excluding carboxylic acids is 1. The van der Waals surface area contributed by atoms with Crippen LogP contribution < -0.4 is 0 Å². The van der Waals surface area contributed by atoms with E-state index in [4.69, 9.17) is 4.74 Å². The summed E-state index contributed by atoms with van der Waals surface area (Å²) >= 11 is 0. The first kappa shape index (κ1) is 17.6. The Morgan fingerprint density at radius 2 is 2.16 bits per heavy atom. The summed E-state index contributed by atoms with van der Waals surface area (Å²) in [5, 5.41) is 4.22. The van der Waals surface area contributed by atoms with Gasteiger partial charge in [-0.25, -0.2) is 0 Å². The number of rotatable bonds is 6. The van der Waals surface area contributed by atoms with E-state index in [9.17, 15) is 4.79 Å². The molecule has 2 atom stereocenters. The second kappa shape index (κ2) is 8.27. The van der Waals surface area contributed by atoms with Crippen LogP contribution in [0.15, 0.2) is 48.8 Å². The molecule has 2 unspecified atom stereocenters. The highest BCUT2D eigenvalue weighted by Gasteiger charge is 2.25. The van der Waals surface area contributed by atoms with Crippen LogP contribution in [0.2, 0.25) is 0 Å². The lowest BCUT2D eigenvalue weighted by atomic mass is 10.1. The molecule has 6 heteroatoms. The van der Waals surface area contributed by atoms with E-state index in [0.29, 0.717) is 19.7 Å². The van der Waals surface area contributed by atoms with Crippen molar-refractivity contribution in [1.82, 2.24) is 19.6 Å². The summed E-state index contributed by atoms with van der Waals surface area (Å²) < 4.78 is 7.69. The molecule has 0 saturated carbocycles. The number of likely N-dealkylation sites (N-methyl/N-ethyl adjacent to an activating group) is 1. The lowest BCUT2D eigenvalue weighted by Crippen LogP contribution is -2.48. The monoisotopic (exact) mass is 342 g/mol. The molecule has 0 N–H and O–H groups in total. The third-order valence-electron chi connectivity index (χ3n) is 4.79. The molecule has 2 aromatic rings. The van der Waals surface area contributed by atoms with Gasteiger partial charge in [-0.05, 0) is 18.6 Å². The van der Waals surface area contributed by atoms with Crippen LogP contribution >= 0.6 is 0 Å². The predicted octanol–water partition coefficient (Wildman–Crippen LogP) is 1.80. The standard InChI is InChI=1S/C19H26N4O2/c1-16(17-7-4-3-5-8-17)21(2)19(24)15-22-11-12-25-18(13-22)14-23-10-6-9-20-23/h3-10,16,18H,11-15H2,1-2H3. The van der Waals surface area contributed by atoms with Crippen molar-refractivity contribution in [3.05, 3.63) is 54.4 Å². The topological polar surface area (TPSA) is 50.6 Å². The molecule has 1 fully saturated rings. The van der Waals surface area contributed by atoms with Gasteiger partial charge in [0.1, 0.15) is 0 Å². The number of nitrogens with zero attached hydrogens (tertiary/aromatic N) is 4. The molecule has 0 spiro atoms. The number of benzene rings is 1. The first-order chi connectivity index (χ1) is 12.1. The lowest BCUT2D eigenvalue weighted by Gasteiger charge is -2.34. The van der Waals surface area contributed by atoms with Crippen molar-refractivity contribution >= 4 is 5.91 Å². The molecule has 25 heavy (non-hydrogen) atoms. The van der Waals surface area contributed by atoms with Gasteiger partial charge in [0, 0.05) is 32.5 Å². The Kier molecular flexibility index (Phi) is 5.83. The van der Waals surface area contributed by atoms with Crippen molar-refractivity contribution in [3.8, 4) is 0 Å². The number of carbonyl (C=O) groups is 1. The minimum absolute atomic E-state index is 0.0645. The molecule has 0 bridgehead atoms. The van der Waals surface area contributed by atoms with E-state index in [1.807, 2.05) is 47.1 Å². The predicted molar refractivity (Wildman–Crippen MR) is 96.0 cm³/mol. The number of morpholine rings is 1. The minimum atomic E-state index is 0.0645. The second-order valence-electron chi connectivity index (χ2n) is 6.55. The Hall–Kier alpha value is -2.18. The molecule has 1 aliphatic heterocycles. The summed E-state index contributed by atoms with van der Waals surface area (Å²) in [5.74, 6) is 0.135. The third-order valence-corrected chi connectivity index (χ3v) is 4.79. The lowest BCUT2D eigenvalue weighted by molar-refractivity contribution is -0.135. The summed E-state index contributed by atoms with van der Waals surface area (Å²) in [6.07, 6.45) is 3.77. The van der Waals surface area contributed by atoms with Crippen LogP contribution in [0.4, 0.5) is 0 Å². The van der Waals surface area contributed by atoms with Crippen LogP contribution in [0.3, 0.4) is 0 Å². The fourth-order valence-electron chi connectivity index (χ4n) is 3.13. The molecule has 1 aromatic heterocycles. The first-order valence-electron chi connectivity index (χ1n) is 8.75. The van der Waals surface area contributed by atoms with Gasteiger partial charge in [0.05, 0.1) is 31.8 Å². The van der Waals surface area contributed by atoms with Crippen LogP contribution in [-0.4, -0.2) is 64.9 Å². The zero-order chi connectivity index (χ0) is 17.6. The van der Waals surface area contributed by atoms with E-state index in [1.165, 1.54) is 0 Å². The van der Waals surface area contributed by atoms with Gasteiger partial charge in [-0.2, -0.15) is 5.10 Å². The second-order valence-corrected chi connectivity index (χ2v) is 6.55. The van der Waals surface area contributed by atoms with E-state index in [0.717, 1.165) is 18.7 Å². The maximum absolute atomic E-state index is 12.7. The van der Waals surface area contributed by atoms with Gasteiger partial charge < -0.3 is 9.64 Å². The van der Waals surface area contributed by atoms with Gasteiger partial charge in [-0.15, -0.1) is 0 Å². The van der Waals surface area contributed by atoms with Crippen molar-refractivity contribution in [2.45, 2.75) is 25.6 Å². The van der Waals surface area contributed by atoms with Crippen LogP contribution in [0.1, 0.15) is 18.5 Å². The van der Waals surface area contributed by atoms with Crippen molar-refractivity contribution in [2.24, 2.45) is 0 Å². The molecule has 0 radical (unpaired) electrons. The van der Waals surface area contributed by atoms with E-state index < -0.39 is 0 Å². The number of aromatic nitrogens is 2. The molecule has 1 amide bonds. The minimum Gasteiger partial charge on any atom is -0.374 e. The maximum Gasteiger partial charge on any atom is 0.236 e. The highest BCUT2D eigenvalue weighted by atomic mass is 16.5. The molecular formula is C19H26N4O2. The highest BCUT2D eigenvalue weighted by molar-refractivity contribution is 5.78. The van der Waals surface area contributed by atoms with E-state index >= 15 is 0 Å². The summed E-state index contributed by atoms with van der Waals surface area (Å²) in [5.41, 5.74) is 1.15. The van der Waals surface area contributed by atoms with E-state index in [-0.39, 0.29) is 18.1 Å². The normalized spacial score (nSPS) is 19.5. The Labute approximate surface area is 149 Å².